The molecule has 4 aromatic rings. The van der Waals surface area contributed by atoms with Crippen molar-refractivity contribution in [3.05, 3.63) is 52.3 Å². The number of fused-ring (bicyclic) bond motifs is 2. The summed E-state index contributed by atoms with van der Waals surface area (Å²) in [5.41, 5.74) is 4.88. The molecule has 8 nitrogen and oxygen atoms in total. The molecule has 238 valence electrons. The van der Waals surface area contributed by atoms with E-state index in [2.05, 4.69) is 66.2 Å². The minimum absolute atomic E-state index is 0.192. The average molecular weight is 637 g/mol. The van der Waals surface area contributed by atoms with Crippen molar-refractivity contribution >= 4 is 38.3 Å². The van der Waals surface area contributed by atoms with Gasteiger partial charge in [0.05, 0.1) is 11.8 Å². The number of hydrogen-bond donors (Lipinski definition) is 2. The van der Waals surface area contributed by atoms with Gasteiger partial charge in [0.2, 0.25) is 0 Å². The molecule has 45 heavy (non-hydrogen) atoms. The zero-order chi connectivity index (χ0) is 31.2. The van der Waals surface area contributed by atoms with Gasteiger partial charge in [-0.25, -0.2) is 9.97 Å². The molecule has 0 atom stereocenters. The Morgan fingerprint density at radius 1 is 1.07 bits per heavy atom. The number of likely N-dealkylation sites (tertiary alicyclic amines) is 2. The highest BCUT2D eigenvalue weighted by molar-refractivity contribution is 7.18. The Balaban J connectivity index is 0.964. The monoisotopic (exact) mass is 636 g/mol. The number of aromatic nitrogens is 3. The summed E-state index contributed by atoms with van der Waals surface area (Å²) in [7, 11) is 0. The second-order valence-electron chi connectivity index (χ2n) is 13.2. The van der Waals surface area contributed by atoms with Crippen molar-refractivity contribution in [3.8, 4) is 6.07 Å². The highest BCUT2D eigenvalue weighted by Gasteiger charge is 2.42. The molecular formula is C33H39F3N8S. The highest BCUT2D eigenvalue weighted by Crippen LogP contribution is 2.39. The van der Waals surface area contributed by atoms with E-state index in [9.17, 15) is 18.4 Å². The van der Waals surface area contributed by atoms with E-state index in [4.69, 9.17) is 0 Å². The molecule has 0 radical (unpaired) electrons. The first-order valence-electron chi connectivity index (χ1n) is 15.9. The number of piperidine rings is 2. The van der Waals surface area contributed by atoms with Gasteiger partial charge in [0.1, 0.15) is 28.7 Å². The quantitative estimate of drug-likeness (QED) is 0.257. The van der Waals surface area contributed by atoms with Gasteiger partial charge >= 0.3 is 6.18 Å². The second-order valence-corrected chi connectivity index (χ2v) is 14.3. The van der Waals surface area contributed by atoms with E-state index in [1.165, 1.54) is 43.4 Å². The van der Waals surface area contributed by atoms with Crippen LogP contribution in [0.3, 0.4) is 0 Å². The lowest BCUT2D eigenvalue weighted by atomic mass is 9.72. The molecule has 1 aromatic carbocycles. The Morgan fingerprint density at radius 2 is 1.84 bits per heavy atom. The predicted octanol–water partition coefficient (Wildman–Crippen LogP) is 5.69. The minimum atomic E-state index is -4.25. The molecule has 6 heterocycles. The number of nitrogens with zero attached hydrogens (tertiary/aromatic N) is 6. The summed E-state index contributed by atoms with van der Waals surface area (Å²) >= 11 is 1.08. The normalized spacial score (nSPS) is 19.7. The van der Waals surface area contributed by atoms with Crippen LogP contribution in [0.25, 0.3) is 21.1 Å². The Bertz CT molecular complexity index is 1720. The van der Waals surface area contributed by atoms with E-state index in [-0.39, 0.29) is 10.9 Å². The molecule has 0 aliphatic carbocycles. The molecule has 7 rings (SSSR count). The van der Waals surface area contributed by atoms with Crippen LogP contribution < -0.4 is 10.6 Å². The number of halogens is 3. The van der Waals surface area contributed by atoms with Gasteiger partial charge in [-0.05, 0) is 80.4 Å². The van der Waals surface area contributed by atoms with Crippen molar-refractivity contribution in [1.29, 1.82) is 5.26 Å². The minimum Gasteiger partial charge on any atom is -0.367 e. The van der Waals surface area contributed by atoms with E-state index in [0.717, 1.165) is 86.6 Å². The Morgan fingerprint density at radius 3 is 2.58 bits per heavy atom. The van der Waals surface area contributed by atoms with Crippen LogP contribution in [0.1, 0.15) is 47.4 Å². The van der Waals surface area contributed by atoms with Crippen LogP contribution >= 0.6 is 11.3 Å². The van der Waals surface area contributed by atoms with Crippen LogP contribution in [0.2, 0.25) is 0 Å². The van der Waals surface area contributed by atoms with E-state index < -0.39 is 12.6 Å². The predicted molar refractivity (Wildman–Crippen MR) is 171 cm³/mol. The van der Waals surface area contributed by atoms with Gasteiger partial charge in [0, 0.05) is 67.6 Å². The number of aryl methyl sites for hydroxylation is 1. The van der Waals surface area contributed by atoms with Crippen molar-refractivity contribution in [1.82, 2.24) is 29.7 Å². The molecule has 3 aromatic heterocycles. The maximum absolute atomic E-state index is 12.9. The third-order valence-corrected chi connectivity index (χ3v) is 11.1. The van der Waals surface area contributed by atoms with E-state index >= 15 is 0 Å². The van der Waals surface area contributed by atoms with E-state index in [0.29, 0.717) is 21.4 Å². The summed E-state index contributed by atoms with van der Waals surface area (Å²) in [5, 5.41) is 18.7. The number of anilines is 1. The third kappa shape index (κ3) is 6.41. The van der Waals surface area contributed by atoms with E-state index in [1.807, 2.05) is 0 Å². The topological polar surface area (TPSA) is 85.0 Å². The van der Waals surface area contributed by atoms with Crippen molar-refractivity contribution in [2.45, 2.75) is 64.3 Å². The molecule has 0 bridgehead atoms. The molecule has 3 aliphatic rings. The lowest BCUT2D eigenvalue weighted by Crippen LogP contribution is -2.60. The number of nitriles is 1. The Hall–Kier alpha value is -3.24. The van der Waals surface area contributed by atoms with Crippen molar-refractivity contribution < 1.29 is 13.2 Å². The molecule has 0 unspecified atom stereocenters. The summed E-state index contributed by atoms with van der Waals surface area (Å²) in [5.74, 6) is 0.613. The van der Waals surface area contributed by atoms with Gasteiger partial charge in [0.15, 0.2) is 0 Å². The lowest BCUT2D eigenvalue weighted by molar-refractivity contribution is -0.126. The first-order chi connectivity index (χ1) is 21.7. The number of thiophene rings is 1. The fourth-order valence-corrected chi connectivity index (χ4v) is 8.60. The summed E-state index contributed by atoms with van der Waals surface area (Å²) in [6.07, 6.45) is 0.593. The second kappa shape index (κ2) is 12.2. The summed E-state index contributed by atoms with van der Waals surface area (Å²) in [6, 6.07) is 10.7. The molecule has 3 aliphatic heterocycles. The van der Waals surface area contributed by atoms with E-state index in [1.54, 1.807) is 6.07 Å². The zero-order valence-electron chi connectivity index (χ0n) is 25.6. The maximum atomic E-state index is 12.9. The van der Waals surface area contributed by atoms with Gasteiger partial charge in [-0.2, -0.15) is 18.4 Å². The summed E-state index contributed by atoms with van der Waals surface area (Å²) < 4.78 is 41.0. The van der Waals surface area contributed by atoms with Gasteiger partial charge in [-0.3, -0.25) is 4.90 Å². The van der Waals surface area contributed by atoms with Crippen LogP contribution in [0.5, 0.6) is 0 Å². The number of nitrogens with one attached hydrogen (secondary N) is 2. The molecule has 0 amide bonds. The molecule has 1 spiro atoms. The van der Waals surface area contributed by atoms with Gasteiger partial charge in [-0.1, -0.05) is 6.07 Å². The van der Waals surface area contributed by atoms with Crippen LogP contribution in [0, 0.1) is 23.7 Å². The van der Waals surface area contributed by atoms with Crippen molar-refractivity contribution in [2.24, 2.45) is 5.41 Å². The van der Waals surface area contributed by atoms with Crippen molar-refractivity contribution in [2.75, 3.05) is 51.1 Å². The first kappa shape index (κ1) is 30.4. The van der Waals surface area contributed by atoms with Crippen LogP contribution in [-0.2, 0) is 19.5 Å². The standard InChI is InChI=1S/C33H39F3N8S/c1-22-23(2-3-29-27(22)14-25(17-37)44(29)13-12-43-19-32(20-43)6-8-38-9-7-32)18-42-10-4-24(5-11-42)41-30-28-15-26(16-33(34,35)36)45-31(28)40-21-39-30/h2-3,14-15,21,24,38H,4-13,16,18-20H2,1H3,(H,39,40,41). The largest absolute Gasteiger partial charge is 0.393 e. The molecule has 2 N–H and O–H groups in total. The Kier molecular flexibility index (Phi) is 8.23. The molecule has 3 saturated heterocycles. The fraction of sp³-hybridized carbons (Fsp3) is 0.545. The molecular weight excluding hydrogens is 597 g/mol. The third-order valence-electron chi connectivity index (χ3n) is 10.1. The number of rotatable bonds is 8. The number of alkyl halides is 3. The van der Waals surface area contributed by atoms with Gasteiger partial charge in [0.25, 0.3) is 0 Å². The molecule has 12 heteroatoms. The SMILES string of the molecule is Cc1c(CN2CCC(Nc3ncnc4sc(CC(F)(F)F)cc34)CC2)ccc2c1cc(C#N)n2CCN1CC2(CCNCC2)C1. The number of hydrogen-bond acceptors (Lipinski definition) is 8. The number of benzene rings is 1. The van der Waals surface area contributed by atoms with Gasteiger partial charge in [-0.15, -0.1) is 11.3 Å². The van der Waals surface area contributed by atoms with Crippen LogP contribution in [0.15, 0.2) is 30.6 Å². The molecule has 3 fully saturated rings. The average Bonchev–Trinajstić information content (AvgIpc) is 3.58. The van der Waals surface area contributed by atoms with Crippen LogP contribution in [0.4, 0.5) is 19.0 Å². The highest BCUT2D eigenvalue weighted by atomic mass is 32.1. The lowest BCUT2D eigenvalue weighted by Gasteiger charge is -2.52. The molecule has 0 saturated carbocycles. The Labute approximate surface area is 265 Å². The maximum Gasteiger partial charge on any atom is 0.393 e. The summed E-state index contributed by atoms with van der Waals surface area (Å²) in [4.78, 5) is 14.4. The first-order valence-corrected chi connectivity index (χ1v) is 16.7. The van der Waals surface area contributed by atoms with Crippen LogP contribution in [-0.4, -0.2) is 82.4 Å². The van der Waals surface area contributed by atoms with Gasteiger partial charge < -0.3 is 20.1 Å². The zero-order valence-corrected chi connectivity index (χ0v) is 26.4. The smallest absolute Gasteiger partial charge is 0.367 e. The summed E-state index contributed by atoms with van der Waals surface area (Å²) in [6.45, 7) is 11.2. The van der Waals surface area contributed by atoms with Crippen molar-refractivity contribution in [3.63, 3.8) is 0 Å². The fourth-order valence-electron chi connectivity index (χ4n) is 7.58.